The summed E-state index contributed by atoms with van der Waals surface area (Å²) in [5.74, 6) is 0.628. The topological polar surface area (TPSA) is 110 Å². The van der Waals surface area contributed by atoms with Crippen LogP contribution >= 0.6 is 11.8 Å². The molecule has 2 heterocycles. The van der Waals surface area contributed by atoms with Crippen LogP contribution in [-0.4, -0.2) is 25.4 Å². The normalized spacial score (nSPS) is 16.2. The number of amides is 1. The largest absolute Gasteiger partial charge is 0.330 e. The van der Waals surface area contributed by atoms with Crippen LogP contribution in [0.4, 0.5) is 5.69 Å². The van der Waals surface area contributed by atoms with Gasteiger partial charge in [-0.3, -0.25) is 19.1 Å². The maximum Gasteiger partial charge on any atom is 0.330 e. The van der Waals surface area contributed by atoms with Gasteiger partial charge in [-0.1, -0.05) is 60.3 Å². The lowest BCUT2D eigenvalue weighted by Crippen LogP contribution is -2.31. The van der Waals surface area contributed by atoms with Crippen LogP contribution in [0.5, 0.6) is 0 Å². The molecule has 0 bridgehead atoms. The average molecular weight is 486 g/mol. The van der Waals surface area contributed by atoms with Gasteiger partial charge in [0.15, 0.2) is 5.65 Å². The van der Waals surface area contributed by atoms with Crippen LogP contribution in [-0.2, 0) is 4.79 Å². The van der Waals surface area contributed by atoms with Crippen LogP contribution in [0, 0.1) is 0 Å². The van der Waals surface area contributed by atoms with Crippen LogP contribution in [0.25, 0.3) is 11.0 Å². The summed E-state index contributed by atoms with van der Waals surface area (Å²) < 4.78 is 1.59. The fourth-order valence-electron chi connectivity index (χ4n) is 4.16. The predicted octanol–water partition coefficient (Wildman–Crippen LogP) is 4.16. The minimum Gasteiger partial charge on any atom is -0.325 e. The van der Waals surface area contributed by atoms with Gasteiger partial charge in [-0.25, -0.2) is 14.8 Å². The summed E-state index contributed by atoms with van der Waals surface area (Å²) in [4.78, 5) is 51.1. The Labute approximate surface area is 204 Å². The molecular weight excluding hydrogens is 462 g/mol. The minimum atomic E-state index is -0.665. The minimum absolute atomic E-state index is 0.0351. The first-order chi connectivity index (χ1) is 17.1. The number of H-pyrrole nitrogens is 1. The molecule has 9 heteroatoms. The van der Waals surface area contributed by atoms with E-state index in [4.69, 9.17) is 9.97 Å². The quantitative estimate of drug-likeness (QED) is 0.300. The van der Waals surface area contributed by atoms with Crippen molar-refractivity contribution in [3.63, 3.8) is 0 Å². The molecule has 35 heavy (non-hydrogen) atoms. The van der Waals surface area contributed by atoms with Gasteiger partial charge in [0.2, 0.25) is 5.91 Å². The fourth-order valence-corrected chi connectivity index (χ4v) is 5.29. The van der Waals surface area contributed by atoms with Crippen molar-refractivity contribution >= 4 is 34.4 Å². The number of carbonyl (C=O) groups is 1. The summed E-state index contributed by atoms with van der Waals surface area (Å²) in [6, 6.07) is 18.7. The van der Waals surface area contributed by atoms with Gasteiger partial charge < -0.3 is 5.32 Å². The molecule has 176 valence electrons. The van der Waals surface area contributed by atoms with Crippen LogP contribution in [0.3, 0.4) is 0 Å². The van der Waals surface area contributed by atoms with Gasteiger partial charge >= 0.3 is 5.69 Å². The summed E-state index contributed by atoms with van der Waals surface area (Å²) in [5.41, 5.74) is 0.879. The molecule has 1 amide bonds. The first kappa shape index (κ1) is 21.8. The van der Waals surface area contributed by atoms with Crippen LogP contribution in [0.1, 0.15) is 54.3 Å². The van der Waals surface area contributed by atoms with Crippen molar-refractivity contribution < 1.29 is 4.79 Å². The van der Waals surface area contributed by atoms with E-state index in [1.807, 2.05) is 60.7 Å². The van der Waals surface area contributed by atoms with E-state index in [9.17, 15) is 14.4 Å². The van der Waals surface area contributed by atoms with Crippen molar-refractivity contribution in [1.29, 1.82) is 0 Å². The van der Waals surface area contributed by atoms with Crippen LogP contribution in [0.15, 0.2) is 75.3 Å². The van der Waals surface area contributed by atoms with Crippen molar-refractivity contribution in [3.05, 3.63) is 92.9 Å². The average Bonchev–Trinajstić information content (AvgIpc) is 3.77. The SMILES string of the molecule is O=C(Nc1ccccc1)C(Sc1nc(C2CC2)nc2c1c(=O)[nH]c(=O)n2C1CC1)c1ccccc1. The number of hydrogen-bond acceptors (Lipinski definition) is 6. The molecular formula is C26H23N5O3S. The van der Waals surface area contributed by atoms with Gasteiger partial charge in [0.25, 0.3) is 5.56 Å². The molecule has 0 spiro atoms. The highest BCUT2D eigenvalue weighted by Gasteiger charge is 2.33. The number of nitrogens with zero attached hydrogens (tertiary/aromatic N) is 3. The summed E-state index contributed by atoms with van der Waals surface area (Å²) in [6.45, 7) is 0. The zero-order chi connectivity index (χ0) is 23.9. The Balaban J connectivity index is 1.48. The zero-order valence-corrected chi connectivity index (χ0v) is 19.6. The molecule has 0 aliphatic heterocycles. The summed E-state index contributed by atoms with van der Waals surface area (Å²) >= 11 is 1.22. The molecule has 6 rings (SSSR count). The highest BCUT2D eigenvalue weighted by Crippen LogP contribution is 2.43. The van der Waals surface area contributed by atoms with Crippen molar-refractivity contribution in [2.24, 2.45) is 0 Å². The Morgan fingerprint density at radius 1 is 0.971 bits per heavy atom. The lowest BCUT2D eigenvalue weighted by molar-refractivity contribution is -0.115. The molecule has 2 saturated carbocycles. The Morgan fingerprint density at radius 3 is 2.31 bits per heavy atom. The third-order valence-electron chi connectivity index (χ3n) is 6.23. The Hall–Kier alpha value is -3.72. The highest BCUT2D eigenvalue weighted by atomic mass is 32.2. The lowest BCUT2D eigenvalue weighted by Gasteiger charge is -2.18. The second-order valence-corrected chi connectivity index (χ2v) is 10.1. The van der Waals surface area contributed by atoms with Crippen molar-refractivity contribution in [2.75, 3.05) is 5.32 Å². The molecule has 2 aromatic heterocycles. The Bertz CT molecular complexity index is 1530. The van der Waals surface area contributed by atoms with Gasteiger partial charge in [-0.2, -0.15) is 0 Å². The molecule has 8 nitrogen and oxygen atoms in total. The predicted molar refractivity (Wildman–Crippen MR) is 135 cm³/mol. The number of anilines is 1. The maximum absolute atomic E-state index is 13.5. The number of thioether (sulfide) groups is 1. The number of aromatic nitrogens is 4. The molecule has 0 radical (unpaired) electrons. The number of benzene rings is 2. The number of hydrogen-bond donors (Lipinski definition) is 2. The third kappa shape index (κ3) is 4.39. The number of fused-ring (bicyclic) bond motifs is 1. The molecule has 2 aromatic carbocycles. The third-order valence-corrected chi connectivity index (χ3v) is 7.47. The van der Waals surface area contributed by atoms with Crippen molar-refractivity contribution in [3.8, 4) is 0 Å². The molecule has 1 atom stereocenters. The van der Waals surface area contributed by atoms with E-state index >= 15 is 0 Å². The van der Waals surface area contributed by atoms with E-state index in [1.54, 1.807) is 4.57 Å². The maximum atomic E-state index is 13.5. The number of aromatic amines is 1. The summed E-state index contributed by atoms with van der Waals surface area (Å²) in [7, 11) is 0. The van der Waals surface area contributed by atoms with E-state index < -0.39 is 16.5 Å². The molecule has 2 aliphatic rings. The van der Waals surface area contributed by atoms with Crippen LogP contribution in [0.2, 0.25) is 0 Å². The summed E-state index contributed by atoms with van der Waals surface area (Å²) in [5, 5.41) is 3.00. The Kier molecular flexibility index (Phi) is 5.49. The van der Waals surface area contributed by atoms with E-state index in [0.717, 1.165) is 31.2 Å². The van der Waals surface area contributed by atoms with Crippen molar-refractivity contribution in [2.45, 2.75) is 47.9 Å². The molecule has 2 fully saturated rings. The van der Waals surface area contributed by atoms with E-state index in [1.165, 1.54) is 11.8 Å². The number of carbonyl (C=O) groups excluding carboxylic acids is 1. The fraction of sp³-hybridized carbons (Fsp3) is 0.269. The Morgan fingerprint density at radius 2 is 1.66 bits per heavy atom. The lowest BCUT2D eigenvalue weighted by atomic mass is 10.1. The molecule has 1 unspecified atom stereocenters. The smallest absolute Gasteiger partial charge is 0.325 e. The van der Waals surface area contributed by atoms with Gasteiger partial charge in [-0.05, 0) is 43.4 Å². The van der Waals surface area contributed by atoms with Gasteiger partial charge in [0.05, 0.1) is 0 Å². The number of rotatable bonds is 7. The molecule has 2 aliphatic carbocycles. The second-order valence-electron chi connectivity index (χ2n) is 8.98. The second kappa shape index (κ2) is 8.81. The van der Waals surface area contributed by atoms with Gasteiger partial charge in [0.1, 0.15) is 21.5 Å². The van der Waals surface area contributed by atoms with E-state index in [0.29, 0.717) is 22.2 Å². The molecule has 2 N–H and O–H groups in total. The zero-order valence-electron chi connectivity index (χ0n) is 18.8. The first-order valence-corrected chi connectivity index (χ1v) is 12.6. The molecule has 4 aromatic rings. The van der Waals surface area contributed by atoms with Gasteiger partial charge in [0, 0.05) is 17.6 Å². The highest BCUT2D eigenvalue weighted by molar-refractivity contribution is 8.00. The number of para-hydroxylation sites is 1. The summed E-state index contributed by atoms with van der Waals surface area (Å²) in [6.07, 6.45) is 3.70. The monoisotopic (exact) mass is 485 g/mol. The van der Waals surface area contributed by atoms with Gasteiger partial charge in [-0.15, -0.1) is 0 Å². The molecule has 0 saturated heterocycles. The standard InChI is InChI=1S/C26H23N5O3S/c32-23-19-22(31(18-13-14-18)26(34)30-23)28-21(16-11-12-16)29-25(19)35-20(15-7-3-1-4-8-15)24(33)27-17-9-5-2-6-10-17/h1-10,16,18,20H,11-14H2,(H,27,33)(H,30,32,34). The number of nitrogens with one attached hydrogen (secondary N) is 2. The first-order valence-electron chi connectivity index (χ1n) is 11.7. The van der Waals surface area contributed by atoms with Crippen molar-refractivity contribution in [1.82, 2.24) is 19.5 Å². The van der Waals surface area contributed by atoms with E-state index in [2.05, 4.69) is 10.3 Å². The van der Waals surface area contributed by atoms with E-state index in [-0.39, 0.29) is 23.3 Å². The van der Waals surface area contributed by atoms with Crippen LogP contribution < -0.4 is 16.6 Å².